The molecule has 0 aromatic rings. The second-order valence-corrected chi connectivity index (χ2v) is 11.0. The van der Waals surface area contributed by atoms with Crippen LogP contribution in [0.25, 0.3) is 0 Å². The minimum Gasteiger partial charge on any atom is -0.444 e. The van der Waals surface area contributed by atoms with Gasteiger partial charge in [0.25, 0.3) is 0 Å². The number of rotatable bonds is 5. The molecule has 25 heavy (non-hydrogen) atoms. The van der Waals surface area contributed by atoms with Gasteiger partial charge in [0, 0.05) is 25.7 Å². The van der Waals surface area contributed by atoms with Crippen LogP contribution in [0, 0.1) is 5.92 Å². The van der Waals surface area contributed by atoms with Crippen molar-refractivity contribution in [3.8, 4) is 0 Å². The first-order valence-electron chi connectivity index (χ1n) is 9.14. The Hall–Kier alpha value is -0.880. The molecule has 1 rings (SSSR count). The number of piperidine rings is 1. The van der Waals surface area contributed by atoms with Crippen molar-refractivity contribution < 1.29 is 13.7 Å². The van der Waals surface area contributed by atoms with E-state index in [1.165, 1.54) is 0 Å². The number of carbonyl (C=O) groups excluding carboxylic acids is 1. The van der Waals surface area contributed by atoms with E-state index in [1.54, 1.807) is 4.90 Å². The first kappa shape index (κ1) is 22.2. The molecule has 0 saturated carbocycles. The van der Waals surface area contributed by atoms with Gasteiger partial charge in [-0.3, -0.25) is 0 Å². The fraction of sp³-hybridized carbons (Fsp3) is 0.842. The topological polar surface area (TPSA) is 49.9 Å². The van der Waals surface area contributed by atoms with Crippen LogP contribution in [0.2, 0.25) is 0 Å². The molecule has 0 bridgehead atoms. The van der Waals surface area contributed by atoms with Gasteiger partial charge in [0.05, 0.1) is 4.75 Å². The van der Waals surface area contributed by atoms with E-state index in [4.69, 9.17) is 4.74 Å². The van der Waals surface area contributed by atoms with Crippen LogP contribution in [0.3, 0.4) is 0 Å². The molecule has 6 heteroatoms. The molecule has 0 N–H and O–H groups in total. The molecule has 1 aliphatic rings. The standard InChI is InChI=1S/C19H36N2O3S/c1-9-12-21(25(23)19(6,7)8)15(2)16-10-13-20(14-11-16)17(22)24-18(3,4)5/h9,15-16H,1,10-14H2,2-8H3/t15-,25?/m0/s1. The van der Waals surface area contributed by atoms with E-state index in [0.717, 1.165) is 12.8 Å². The molecule has 1 unspecified atom stereocenters. The molecule has 1 fully saturated rings. The zero-order valence-electron chi connectivity index (χ0n) is 17.0. The van der Waals surface area contributed by atoms with Crippen molar-refractivity contribution in [2.45, 2.75) is 77.7 Å². The summed E-state index contributed by atoms with van der Waals surface area (Å²) in [6, 6.07) is 0.179. The second-order valence-electron chi connectivity index (χ2n) is 8.80. The minimum atomic E-state index is -1.08. The summed E-state index contributed by atoms with van der Waals surface area (Å²) in [6.07, 6.45) is 3.38. The molecule has 146 valence electrons. The second kappa shape index (κ2) is 8.67. The largest absolute Gasteiger partial charge is 0.444 e. The zero-order chi connectivity index (χ0) is 19.4. The number of hydrogen-bond donors (Lipinski definition) is 0. The number of nitrogens with zero attached hydrogens (tertiary/aromatic N) is 2. The van der Waals surface area contributed by atoms with E-state index in [-0.39, 0.29) is 16.9 Å². The molecule has 1 amide bonds. The van der Waals surface area contributed by atoms with Gasteiger partial charge in [-0.25, -0.2) is 13.3 Å². The average Bonchev–Trinajstić information content (AvgIpc) is 2.49. The number of hydrogen-bond acceptors (Lipinski definition) is 3. The Labute approximate surface area is 156 Å². The van der Waals surface area contributed by atoms with E-state index in [0.29, 0.717) is 25.6 Å². The van der Waals surface area contributed by atoms with E-state index in [2.05, 4.69) is 13.5 Å². The van der Waals surface area contributed by atoms with Gasteiger partial charge < -0.3 is 9.64 Å². The molecule has 0 aromatic heterocycles. The summed E-state index contributed by atoms with van der Waals surface area (Å²) in [5.41, 5.74) is -0.467. The Morgan fingerprint density at radius 1 is 1.28 bits per heavy atom. The monoisotopic (exact) mass is 372 g/mol. The molecule has 1 heterocycles. The molecule has 2 atom stereocenters. The fourth-order valence-corrected chi connectivity index (χ4v) is 4.41. The van der Waals surface area contributed by atoms with E-state index < -0.39 is 16.6 Å². The van der Waals surface area contributed by atoms with Crippen molar-refractivity contribution in [2.24, 2.45) is 5.92 Å². The summed E-state index contributed by atoms with van der Waals surface area (Å²) in [4.78, 5) is 14.0. The molecule has 5 nitrogen and oxygen atoms in total. The third-order valence-corrected chi connectivity index (χ3v) is 6.33. The first-order valence-corrected chi connectivity index (χ1v) is 10.2. The lowest BCUT2D eigenvalue weighted by Gasteiger charge is -2.40. The van der Waals surface area contributed by atoms with Gasteiger partial charge in [-0.2, -0.15) is 0 Å². The maximum atomic E-state index is 12.9. The normalized spacial score (nSPS) is 19.6. The summed E-state index contributed by atoms with van der Waals surface area (Å²) in [6.45, 7) is 19.6. The first-order chi connectivity index (χ1) is 11.4. The van der Waals surface area contributed by atoms with E-state index >= 15 is 0 Å². The highest BCUT2D eigenvalue weighted by Crippen LogP contribution is 2.28. The van der Waals surface area contributed by atoms with E-state index in [1.807, 2.05) is 51.9 Å². The summed E-state index contributed by atoms with van der Waals surface area (Å²) in [5.74, 6) is 0.407. The van der Waals surface area contributed by atoms with Crippen molar-refractivity contribution in [3.05, 3.63) is 12.7 Å². The van der Waals surface area contributed by atoms with Gasteiger partial charge in [0.1, 0.15) is 16.6 Å². The van der Waals surface area contributed by atoms with Gasteiger partial charge in [-0.15, -0.1) is 6.58 Å². The maximum Gasteiger partial charge on any atom is 0.410 e. The Morgan fingerprint density at radius 2 is 1.80 bits per heavy atom. The van der Waals surface area contributed by atoms with Crippen LogP contribution in [0.5, 0.6) is 0 Å². The Bertz CT molecular complexity index is 486. The predicted octanol–water partition coefficient (Wildman–Crippen LogP) is 3.97. The van der Waals surface area contributed by atoms with Crippen molar-refractivity contribution in [3.63, 3.8) is 0 Å². The predicted molar refractivity (Wildman–Crippen MR) is 105 cm³/mol. The van der Waals surface area contributed by atoms with Crippen LogP contribution >= 0.6 is 0 Å². The third kappa shape index (κ3) is 6.74. The van der Waals surface area contributed by atoms with Gasteiger partial charge >= 0.3 is 6.09 Å². The lowest BCUT2D eigenvalue weighted by Crippen LogP contribution is -2.49. The number of ether oxygens (including phenoxy) is 1. The van der Waals surface area contributed by atoms with Crippen molar-refractivity contribution >= 4 is 17.1 Å². The van der Waals surface area contributed by atoms with Crippen LogP contribution in [-0.2, 0) is 15.7 Å². The molecule has 0 spiro atoms. The summed E-state index contributed by atoms with van der Waals surface area (Å²) in [7, 11) is -1.08. The minimum absolute atomic E-state index is 0.179. The number of carbonyl (C=O) groups is 1. The van der Waals surface area contributed by atoms with E-state index in [9.17, 15) is 9.00 Å². The van der Waals surface area contributed by atoms with Crippen LogP contribution in [-0.4, -0.2) is 55.5 Å². The van der Waals surface area contributed by atoms with Crippen molar-refractivity contribution in [1.29, 1.82) is 0 Å². The zero-order valence-corrected chi connectivity index (χ0v) is 17.8. The van der Waals surface area contributed by atoms with Crippen LogP contribution in [0.15, 0.2) is 12.7 Å². The van der Waals surface area contributed by atoms with Crippen LogP contribution in [0.1, 0.15) is 61.3 Å². The Balaban J connectivity index is 2.69. The highest BCUT2D eigenvalue weighted by Gasteiger charge is 2.35. The van der Waals surface area contributed by atoms with Gasteiger partial charge in [0.15, 0.2) is 0 Å². The molecule has 0 radical (unpaired) electrons. The SMILES string of the molecule is C=CCN([C@@H](C)C1CCN(C(=O)OC(C)(C)C)CC1)S(=O)C(C)(C)C. The average molecular weight is 373 g/mol. The molecule has 0 aliphatic carbocycles. The molecular formula is C19H36N2O3S. The van der Waals surface area contributed by atoms with Gasteiger partial charge in [0.2, 0.25) is 0 Å². The third-order valence-electron chi connectivity index (χ3n) is 4.37. The molecule has 1 saturated heterocycles. The quantitative estimate of drug-likeness (QED) is 0.686. The molecule has 1 aliphatic heterocycles. The Kier molecular flexibility index (Phi) is 7.69. The van der Waals surface area contributed by atoms with Gasteiger partial charge in [-0.1, -0.05) is 6.08 Å². The van der Waals surface area contributed by atoms with Crippen molar-refractivity contribution in [2.75, 3.05) is 19.6 Å². The summed E-state index contributed by atoms with van der Waals surface area (Å²) in [5, 5.41) is 0. The van der Waals surface area contributed by atoms with Crippen molar-refractivity contribution in [1.82, 2.24) is 9.21 Å². The fourth-order valence-electron chi connectivity index (χ4n) is 2.99. The number of amides is 1. The molecular weight excluding hydrogens is 336 g/mol. The van der Waals surface area contributed by atoms with Gasteiger partial charge in [-0.05, 0) is 67.2 Å². The highest BCUT2D eigenvalue weighted by atomic mass is 32.2. The lowest BCUT2D eigenvalue weighted by molar-refractivity contribution is 0.0160. The smallest absolute Gasteiger partial charge is 0.410 e. The summed E-state index contributed by atoms with van der Waals surface area (Å²) < 4.78 is 20.1. The summed E-state index contributed by atoms with van der Waals surface area (Å²) >= 11 is 0. The van der Waals surface area contributed by atoms with Crippen LogP contribution < -0.4 is 0 Å². The number of likely N-dealkylation sites (tertiary alicyclic amines) is 1. The lowest BCUT2D eigenvalue weighted by atomic mass is 9.90. The maximum absolute atomic E-state index is 12.9. The highest BCUT2D eigenvalue weighted by molar-refractivity contribution is 7.84. The van der Waals surface area contributed by atoms with Crippen LogP contribution in [0.4, 0.5) is 4.79 Å². The Morgan fingerprint density at radius 3 is 2.20 bits per heavy atom. The molecule has 0 aromatic carbocycles.